The zero-order valence-corrected chi connectivity index (χ0v) is 11.6. The van der Waals surface area contributed by atoms with Gasteiger partial charge in [0.1, 0.15) is 0 Å². The summed E-state index contributed by atoms with van der Waals surface area (Å²) in [5.41, 5.74) is 0. The minimum atomic E-state index is -0.771. The van der Waals surface area contributed by atoms with Crippen molar-refractivity contribution < 1.29 is 14.7 Å². The SMILES string of the molecule is CC(CCCC(=O)O)NC(=O)N(CC1CC1)C1CC1. The second kappa shape index (κ2) is 6.26. The molecule has 1 unspecified atom stereocenters. The predicted octanol–water partition coefficient (Wildman–Crippen LogP) is 2.21. The molecule has 2 aliphatic carbocycles. The maximum Gasteiger partial charge on any atom is 0.317 e. The summed E-state index contributed by atoms with van der Waals surface area (Å²) >= 11 is 0. The van der Waals surface area contributed by atoms with E-state index in [9.17, 15) is 9.59 Å². The van der Waals surface area contributed by atoms with Crippen LogP contribution in [0.15, 0.2) is 0 Å². The maximum absolute atomic E-state index is 12.2. The van der Waals surface area contributed by atoms with E-state index in [2.05, 4.69) is 5.32 Å². The molecule has 0 aliphatic heterocycles. The monoisotopic (exact) mass is 268 g/mol. The molecule has 0 aromatic rings. The van der Waals surface area contributed by atoms with E-state index in [1.54, 1.807) is 0 Å². The van der Waals surface area contributed by atoms with Crippen molar-refractivity contribution >= 4 is 12.0 Å². The van der Waals surface area contributed by atoms with Crippen LogP contribution in [0.3, 0.4) is 0 Å². The Morgan fingerprint density at radius 3 is 2.53 bits per heavy atom. The molecule has 108 valence electrons. The van der Waals surface area contributed by atoms with Gasteiger partial charge in [-0.3, -0.25) is 4.79 Å². The van der Waals surface area contributed by atoms with E-state index in [1.807, 2.05) is 11.8 Å². The van der Waals surface area contributed by atoms with Gasteiger partial charge in [-0.05, 0) is 51.4 Å². The third-order valence-electron chi connectivity index (χ3n) is 3.80. The number of carboxylic acid groups (broad SMARTS) is 1. The summed E-state index contributed by atoms with van der Waals surface area (Å²) in [4.78, 5) is 24.6. The minimum absolute atomic E-state index is 0.0391. The molecule has 2 rings (SSSR count). The van der Waals surface area contributed by atoms with Crippen LogP contribution in [0.2, 0.25) is 0 Å². The number of carbonyl (C=O) groups is 2. The first-order valence-corrected chi connectivity index (χ1v) is 7.35. The summed E-state index contributed by atoms with van der Waals surface area (Å²) in [5, 5.41) is 11.6. The van der Waals surface area contributed by atoms with E-state index >= 15 is 0 Å². The molecule has 0 bridgehead atoms. The first-order valence-electron chi connectivity index (χ1n) is 7.35. The zero-order chi connectivity index (χ0) is 13.8. The molecule has 1 atom stereocenters. The Hall–Kier alpha value is -1.26. The fourth-order valence-corrected chi connectivity index (χ4v) is 2.29. The third kappa shape index (κ3) is 5.09. The van der Waals surface area contributed by atoms with E-state index in [-0.39, 0.29) is 18.5 Å². The van der Waals surface area contributed by atoms with Crippen LogP contribution in [0.1, 0.15) is 51.9 Å². The molecule has 0 aromatic heterocycles. The number of hydrogen-bond acceptors (Lipinski definition) is 2. The largest absolute Gasteiger partial charge is 0.481 e. The third-order valence-corrected chi connectivity index (χ3v) is 3.80. The maximum atomic E-state index is 12.2. The molecule has 2 fully saturated rings. The standard InChI is InChI=1S/C14H24N2O3/c1-10(3-2-4-13(17)18)15-14(19)16(12-7-8-12)9-11-5-6-11/h10-12H,2-9H2,1H3,(H,15,19)(H,17,18). The molecular formula is C14H24N2O3. The number of nitrogens with one attached hydrogen (secondary N) is 1. The molecule has 0 heterocycles. The van der Waals surface area contributed by atoms with Gasteiger partial charge < -0.3 is 15.3 Å². The topological polar surface area (TPSA) is 69.6 Å². The van der Waals surface area contributed by atoms with E-state index in [4.69, 9.17) is 5.11 Å². The average Bonchev–Trinajstić information content (AvgIpc) is 3.18. The van der Waals surface area contributed by atoms with Crippen molar-refractivity contribution in [3.8, 4) is 0 Å². The van der Waals surface area contributed by atoms with E-state index in [1.165, 1.54) is 12.8 Å². The van der Waals surface area contributed by atoms with Crippen molar-refractivity contribution in [2.45, 2.75) is 64.0 Å². The molecule has 0 saturated heterocycles. The van der Waals surface area contributed by atoms with Crippen molar-refractivity contribution in [3.63, 3.8) is 0 Å². The second-order valence-corrected chi connectivity index (χ2v) is 5.96. The lowest BCUT2D eigenvalue weighted by molar-refractivity contribution is -0.137. The van der Waals surface area contributed by atoms with Crippen LogP contribution >= 0.6 is 0 Å². The Labute approximate surface area is 114 Å². The molecule has 0 spiro atoms. The van der Waals surface area contributed by atoms with Gasteiger partial charge in [0.25, 0.3) is 0 Å². The lowest BCUT2D eigenvalue weighted by Gasteiger charge is -2.25. The smallest absolute Gasteiger partial charge is 0.317 e. The normalized spacial score (nSPS) is 19.8. The van der Waals surface area contributed by atoms with Crippen molar-refractivity contribution in [2.75, 3.05) is 6.54 Å². The first kappa shape index (κ1) is 14.2. The quantitative estimate of drug-likeness (QED) is 0.709. The van der Waals surface area contributed by atoms with Gasteiger partial charge in [-0.15, -0.1) is 0 Å². The molecule has 19 heavy (non-hydrogen) atoms. The van der Waals surface area contributed by atoms with Gasteiger partial charge in [0.05, 0.1) is 0 Å². The van der Waals surface area contributed by atoms with Crippen LogP contribution in [0.25, 0.3) is 0 Å². The Morgan fingerprint density at radius 2 is 2.00 bits per heavy atom. The van der Waals surface area contributed by atoms with Crippen molar-refractivity contribution in [1.29, 1.82) is 0 Å². The van der Waals surface area contributed by atoms with Crippen LogP contribution in [-0.2, 0) is 4.79 Å². The Kier molecular flexibility index (Phi) is 4.66. The van der Waals surface area contributed by atoms with Gasteiger partial charge >= 0.3 is 12.0 Å². The number of nitrogens with zero attached hydrogens (tertiary/aromatic N) is 1. The second-order valence-electron chi connectivity index (χ2n) is 5.96. The molecule has 2 aliphatic rings. The van der Waals surface area contributed by atoms with Crippen molar-refractivity contribution in [3.05, 3.63) is 0 Å². The van der Waals surface area contributed by atoms with Crippen LogP contribution < -0.4 is 5.32 Å². The molecule has 5 nitrogen and oxygen atoms in total. The summed E-state index contributed by atoms with van der Waals surface area (Å²) < 4.78 is 0. The number of hydrogen-bond donors (Lipinski definition) is 2. The van der Waals surface area contributed by atoms with Gasteiger partial charge in [-0.25, -0.2) is 4.79 Å². The highest BCUT2D eigenvalue weighted by Gasteiger charge is 2.36. The molecule has 2 N–H and O–H groups in total. The number of urea groups is 1. The molecule has 2 saturated carbocycles. The fourth-order valence-electron chi connectivity index (χ4n) is 2.29. The molecule has 0 radical (unpaired) electrons. The summed E-state index contributed by atoms with van der Waals surface area (Å²) in [6, 6.07) is 0.538. The molecule has 2 amide bonds. The van der Waals surface area contributed by atoms with E-state index in [0.29, 0.717) is 18.4 Å². The molecule has 5 heteroatoms. The average molecular weight is 268 g/mol. The Morgan fingerprint density at radius 1 is 1.32 bits per heavy atom. The Bertz CT molecular complexity index is 338. The fraction of sp³-hybridized carbons (Fsp3) is 0.857. The zero-order valence-electron chi connectivity index (χ0n) is 11.6. The number of carbonyl (C=O) groups excluding carboxylic acids is 1. The summed E-state index contributed by atoms with van der Waals surface area (Å²) in [7, 11) is 0. The predicted molar refractivity (Wildman–Crippen MR) is 71.9 cm³/mol. The van der Waals surface area contributed by atoms with Crippen molar-refractivity contribution in [1.82, 2.24) is 10.2 Å². The molecule has 0 aromatic carbocycles. The van der Waals surface area contributed by atoms with E-state index in [0.717, 1.165) is 25.8 Å². The highest BCUT2D eigenvalue weighted by atomic mass is 16.4. The van der Waals surface area contributed by atoms with Crippen LogP contribution in [-0.4, -0.2) is 40.6 Å². The number of aliphatic carboxylic acids is 1. The number of rotatable bonds is 8. The Balaban J connectivity index is 1.69. The van der Waals surface area contributed by atoms with Gasteiger partial charge in [0, 0.05) is 25.0 Å². The van der Waals surface area contributed by atoms with Crippen LogP contribution in [0, 0.1) is 5.92 Å². The van der Waals surface area contributed by atoms with Crippen LogP contribution in [0.5, 0.6) is 0 Å². The van der Waals surface area contributed by atoms with Gasteiger partial charge in [-0.2, -0.15) is 0 Å². The minimum Gasteiger partial charge on any atom is -0.481 e. The summed E-state index contributed by atoms with van der Waals surface area (Å²) in [6.45, 7) is 2.85. The number of carboxylic acids is 1. The summed E-state index contributed by atoms with van der Waals surface area (Å²) in [5.74, 6) is -0.0551. The highest BCUT2D eigenvalue weighted by molar-refractivity contribution is 5.75. The van der Waals surface area contributed by atoms with Gasteiger partial charge in [0.15, 0.2) is 0 Å². The van der Waals surface area contributed by atoms with Gasteiger partial charge in [0.2, 0.25) is 0 Å². The lowest BCUT2D eigenvalue weighted by atomic mass is 10.1. The van der Waals surface area contributed by atoms with Crippen LogP contribution in [0.4, 0.5) is 4.79 Å². The summed E-state index contributed by atoms with van der Waals surface area (Å²) in [6.07, 6.45) is 6.29. The number of amides is 2. The molecular weight excluding hydrogens is 244 g/mol. The van der Waals surface area contributed by atoms with Gasteiger partial charge in [-0.1, -0.05) is 0 Å². The lowest BCUT2D eigenvalue weighted by Crippen LogP contribution is -2.45. The van der Waals surface area contributed by atoms with Crippen molar-refractivity contribution in [2.24, 2.45) is 5.92 Å². The highest BCUT2D eigenvalue weighted by Crippen LogP contribution is 2.34. The first-order chi connectivity index (χ1) is 9.06. The van der Waals surface area contributed by atoms with E-state index < -0.39 is 5.97 Å².